The summed E-state index contributed by atoms with van der Waals surface area (Å²) < 4.78 is 0. The number of rotatable bonds is 2. The Balaban J connectivity index is 2.27. The Morgan fingerprint density at radius 3 is 2.53 bits per heavy atom. The maximum atomic E-state index is 12.5. The third-order valence-electron chi connectivity index (χ3n) is 3.65. The van der Waals surface area contributed by atoms with E-state index in [1.165, 1.54) is 12.3 Å². The molecule has 1 amide bonds. The van der Waals surface area contributed by atoms with E-state index in [2.05, 4.69) is 4.98 Å². The molecule has 0 aliphatic carbocycles. The van der Waals surface area contributed by atoms with E-state index in [4.69, 9.17) is 5.11 Å². The van der Waals surface area contributed by atoms with Crippen LogP contribution in [0.25, 0.3) is 0 Å². The van der Waals surface area contributed by atoms with Gasteiger partial charge in [0.15, 0.2) is 0 Å². The van der Waals surface area contributed by atoms with Crippen molar-refractivity contribution < 1.29 is 14.7 Å². The summed E-state index contributed by atoms with van der Waals surface area (Å²) in [5, 5.41) is 8.92. The fourth-order valence-corrected chi connectivity index (χ4v) is 2.65. The van der Waals surface area contributed by atoms with Crippen molar-refractivity contribution in [3.63, 3.8) is 0 Å². The zero-order valence-corrected chi connectivity index (χ0v) is 11.2. The first kappa shape index (κ1) is 13.5. The van der Waals surface area contributed by atoms with Gasteiger partial charge in [-0.05, 0) is 45.2 Å². The maximum Gasteiger partial charge on any atom is 0.354 e. The van der Waals surface area contributed by atoms with Crippen LogP contribution in [0.2, 0.25) is 0 Å². The lowest BCUT2D eigenvalue weighted by Crippen LogP contribution is -2.47. The molecule has 2 rings (SSSR count). The lowest BCUT2D eigenvalue weighted by Gasteiger charge is -2.39. The van der Waals surface area contributed by atoms with Gasteiger partial charge in [-0.15, -0.1) is 0 Å². The van der Waals surface area contributed by atoms with E-state index in [9.17, 15) is 9.59 Å². The largest absolute Gasteiger partial charge is 0.477 e. The standard InChI is InChI=1S/C14H18N2O3/c1-9-4-3-5-10(2)16(9)13(17)11-6-7-15-12(8-11)14(18)19/h6-10H,3-5H2,1-2H3,(H,18,19). The average Bonchev–Trinajstić information content (AvgIpc) is 2.38. The zero-order chi connectivity index (χ0) is 14.0. The van der Waals surface area contributed by atoms with Crippen molar-refractivity contribution in [3.8, 4) is 0 Å². The van der Waals surface area contributed by atoms with E-state index in [1.807, 2.05) is 18.7 Å². The second-order valence-corrected chi connectivity index (χ2v) is 5.08. The summed E-state index contributed by atoms with van der Waals surface area (Å²) in [6.45, 7) is 4.07. The molecule has 2 atom stereocenters. The predicted octanol–water partition coefficient (Wildman–Crippen LogP) is 2.18. The molecule has 1 N–H and O–H groups in total. The first-order valence-electron chi connectivity index (χ1n) is 6.52. The van der Waals surface area contributed by atoms with Gasteiger partial charge < -0.3 is 10.0 Å². The Morgan fingerprint density at radius 2 is 1.95 bits per heavy atom. The zero-order valence-electron chi connectivity index (χ0n) is 11.2. The number of nitrogens with zero attached hydrogens (tertiary/aromatic N) is 2. The molecule has 1 aromatic heterocycles. The molecule has 0 radical (unpaired) electrons. The Hall–Kier alpha value is -1.91. The molecule has 1 aromatic rings. The number of aromatic carboxylic acids is 1. The molecular weight excluding hydrogens is 244 g/mol. The SMILES string of the molecule is CC1CCCC(C)N1C(=O)c1ccnc(C(=O)O)c1. The number of piperidine rings is 1. The highest BCUT2D eigenvalue weighted by Crippen LogP contribution is 2.24. The molecule has 2 unspecified atom stereocenters. The van der Waals surface area contributed by atoms with Crippen LogP contribution < -0.4 is 0 Å². The molecule has 0 aromatic carbocycles. The topological polar surface area (TPSA) is 70.5 Å². The molecular formula is C14H18N2O3. The second kappa shape index (κ2) is 5.38. The number of hydrogen-bond acceptors (Lipinski definition) is 3. The predicted molar refractivity (Wildman–Crippen MR) is 70.1 cm³/mol. The molecule has 0 bridgehead atoms. The third kappa shape index (κ3) is 2.75. The monoisotopic (exact) mass is 262 g/mol. The number of pyridine rings is 1. The summed E-state index contributed by atoms with van der Waals surface area (Å²) in [6, 6.07) is 3.30. The van der Waals surface area contributed by atoms with Crippen LogP contribution in [0.5, 0.6) is 0 Å². The summed E-state index contributed by atoms with van der Waals surface area (Å²) in [5.41, 5.74) is 0.302. The van der Waals surface area contributed by atoms with Crippen molar-refractivity contribution >= 4 is 11.9 Å². The number of carbonyl (C=O) groups excluding carboxylic acids is 1. The number of carboxylic acid groups (broad SMARTS) is 1. The number of hydrogen-bond donors (Lipinski definition) is 1. The van der Waals surface area contributed by atoms with Crippen molar-refractivity contribution in [2.75, 3.05) is 0 Å². The van der Waals surface area contributed by atoms with Gasteiger partial charge in [0.2, 0.25) is 0 Å². The quantitative estimate of drug-likeness (QED) is 0.886. The fraction of sp³-hybridized carbons (Fsp3) is 0.500. The number of aromatic nitrogens is 1. The average molecular weight is 262 g/mol. The summed E-state index contributed by atoms with van der Waals surface area (Å²) >= 11 is 0. The van der Waals surface area contributed by atoms with Gasteiger partial charge in [-0.25, -0.2) is 9.78 Å². The van der Waals surface area contributed by atoms with Crippen LogP contribution in [0.15, 0.2) is 18.3 Å². The molecule has 1 saturated heterocycles. The molecule has 102 valence electrons. The number of carboxylic acids is 1. The van der Waals surface area contributed by atoms with Crippen LogP contribution in [0.3, 0.4) is 0 Å². The van der Waals surface area contributed by atoms with Crippen LogP contribution in [-0.4, -0.2) is 39.0 Å². The van der Waals surface area contributed by atoms with Gasteiger partial charge in [-0.3, -0.25) is 4.79 Å². The van der Waals surface area contributed by atoms with E-state index in [0.29, 0.717) is 5.56 Å². The Bertz CT molecular complexity index is 491. The minimum Gasteiger partial charge on any atom is -0.477 e. The highest BCUT2D eigenvalue weighted by Gasteiger charge is 2.29. The Kier molecular flexibility index (Phi) is 3.83. The molecule has 1 aliphatic heterocycles. The van der Waals surface area contributed by atoms with Crippen molar-refractivity contribution in [1.82, 2.24) is 9.88 Å². The van der Waals surface area contributed by atoms with Crippen molar-refractivity contribution in [2.24, 2.45) is 0 Å². The van der Waals surface area contributed by atoms with Gasteiger partial charge in [0.25, 0.3) is 5.91 Å². The number of carbonyl (C=O) groups is 2. The third-order valence-corrected chi connectivity index (χ3v) is 3.65. The summed E-state index contributed by atoms with van der Waals surface area (Å²) in [4.78, 5) is 29.0. The summed E-state index contributed by atoms with van der Waals surface area (Å²) in [6.07, 6.45) is 4.48. The Morgan fingerprint density at radius 1 is 1.32 bits per heavy atom. The van der Waals surface area contributed by atoms with Gasteiger partial charge >= 0.3 is 5.97 Å². The molecule has 1 aliphatic rings. The van der Waals surface area contributed by atoms with Crippen molar-refractivity contribution in [3.05, 3.63) is 29.6 Å². The minimum atomic E-state index is -1.12. The lowest BCUT2D eigenvalue weighted by atomic mass is 9.96. The molecule has 0 saturated carbocycles. The van der Waals surface area contributed by atoms with E-state index in [0.717, 1.165) is 19.3 Å². The summed E-state index contributed by atoms with van der Waals surface area (Å²) in [7, 11) is 0. The van der Waals surface area contributed by atoms with Gasteiger partial charge in [-0.2, -0.15) is 0 Å². The molecule has 5 nitrogen and oxygen atoms in total. The number of amides is 1. The van der Waals surface area contributed by atoms with E-state index < -0.39 is 5.97 Å². The first-order chi connectivity index (χ1) is 9.00. The minimum absolute atomic E-state index is 0.0943. The fourth-order valence-electron chi connectivity index (χ4n) is 2.65. The molecule has 5 heteroatoms. The van der Waals surface area contributed by atoms with Gasteiger partial charge in [0.1, 0.15) is 5.69 Å². The van der Waals surface area contributed by atoms with Crippen LogP contribution in [0, 0.1) is 0 Å². The van der Waals surface area contributed by atoms with Gasteiger partial charge in [-0.1, -0.05) is 0 Å². The highest BCUT2D eigenvalue weighted by molar-refractivity contribution is 5.97. The van der Waals surface area contributed by atoms with Crippen LogP contribution >= 0.6 is 0 Å². The van der Waals surface area contributed by atoms with Gasteiger partial charge in [0, 0.05) is 23.8 Å². The number of likely N-dealkylation sites (tertiary alicyclic amines) is 1. The maximum absolute atomic E-state index is 12.5. The molecule has 19 heavy (non-hydrogen) atoms. The Labute approximate surface area is 112 Å². The molecule has 2 heterocycles. The van der Waals surface area contributed by atoms with E-state index >= 15 is 0 Å². The summed E-state index contributed by atoms with van der Waals surface area (Å²) in [5.74, 6) is -1.22. The van der Waals surface area contributed by atoms with Crippen molar-refractivity contribution in [2.45, 2.75) is 45.2 Å². The molecule has 0 spiro atoms. The van der Waals surface area contributed by atoms with E-state index in [1.54, 1.807) is 6.07 Å². The normalized spacial score (nSPS) is 23.2. The van der Waals surface area contributed by atoms with Gasteiger partial charge in [0.05, 0.1) is 0 Å². The van der Waals surface area contributed by atoms with E-state index in [-0.39, 0.29) is 23.7 Å². The van der Waals surface area contributed by atoms with Crippen LogP contribution in [-0.2, 0) is 0 Å². The van der Waals surface area contributed by atoms with Crippen LogP contribution in [0.1, 0.15) is 54.0 Å². The van der Waals surface area contributed by atoms with Crippen molar-refractivity contribution in [1.29, 1.82) is 0 Å². The lowest BCUT2D eigenvalue weighted by molar-refractivity contribution is 0.0510. The molecule has 1 fully saturated rings. The van der Waals surface area contributed by atoms with Crippen LogP contribution in [0.4, 0.5) is 0 Å². The second-order valence-electron chi connectivity index (χ2n) is 5.08. The highest BCUT2D eigenvalue weighted by atomic mass is 16.4. The first-order valence-corrected chi connectivity index (χ1v) is 6.52. The smallest absolute Gasteiger partial charge is 0.354 e.